The molecule has 2 aliphatic heterocycles. The third-order valence-corrected chi connectivity index (χ3v) is 4.60. The molecule has 2 fully saturated rings. The number of carbonyl (C=O) groups is 1. The molecule has 6 nitrogen and oxygen atoms in total. The summed E-state index contributed by atoms with van der Waals surface area (Å²) in [6.45, 7) is 2.59. The van der Waals surface area contributed by atoms with E-state index in [4.69, 9.17) is 0 Å². The summed E-state index contributed by atoms with van der Waals surface area (Å²) in [5, 5.41) is 10.9. The first-order valence-corrected chi connectivity index (χ1v) is 7.25. The fraction of sp³-hybridized carbons (Fsp3) is 0.400. The highest BCUT2D eigenvalue weighted by Crippen LogP contribution is 2.29. The number of likely N-dealkylation sites (tertiary alicyclic amines) is 1. The lowest BCUT2D eigenvalue weighted by Crippen LogP contribution is -2.39. The normalized spacial score (nSPS) is 24.5. The summed E-state index contributed by atoms with van der Waals surface area (Å²) in [6, 6.07) is 7.37. The molecule has 6 heteroatoms. The van der Waals surface area contributed by atoms with Crippen molar-refractivity contribution in [1.29, 1.82) is 0 Å². The van der Waals surface area contributed by atoms with Gasteiger partial charge in [-0.3, -0.25) is 9.59 Å². The first kappa shape index (κ1) is 12.5. The van der Waals surface area contributed by atoms with Gasteiger partial charge in [-0.1, -0.05) is 18.2 Å². The van der Waals surface area contributed by atoms with Crippen molar-refractivity contribution in [3.05, 3.63) is 40.3 Å². The van der Waals surface area contributed by atoms with Crippen LogP contribution in [0, 0.1) is 5.92 Å². The van der Waals surface area contributed by atoms with Crippen LogP contribution in [0.4, 0.5) is 0 Å². The van der Waals surface area contributed by atoms with Crippen LogP contribution in [0.25, 0.3) is 10.8 Å². The predicted octanol–water partition coefficient (Wildman–Crippen LogP) is 0.357. The number of aromatic amines is 1. The SMILES string of the molecule is O=C(c1n[nH]c(=O)c2ccccc12)N1CCC2CNCC21. The van der Waals surface area contributed by atoms with Gasteiger partial charge in [0, 0.05) is 31.1 Å². The van der Waals surface area contributed by atoms with E-state index >= 15 is 0 Å². The van der Waals surface area contributed by atoms with E-state index in [9.17, 15) is 9.59 Å². The van der Waals surface area contributed by atoms with Crippen molar-refractivity contribution in [1.82, 2.24) is 20.4 Å². The number of amides is 1. The zero-order chi connectivity index (χ0) is 14.4. The Morgan fingerprint density at radius 2 is 2.05 bits per heavy atom. The summed E-state index contributed by atoms with van der Waals surface area (Å²) in [4.78, 5) is 26.5. The van der Waals surface area contributed by atoms with Crippen LogP contribution in [0.3, 0.4) is 0 Å². The van der Waals surface area contributed by atoms with Crippen molar-refractivity contribution in [3.63, 3.8) is 0 Å². The molecule has 21 heavy (non-hydrogen) atoms. The lowest BCUT2D eigenvalue weighted by molar-refractivity contribution is 0.0732. The number of hydrogen-bond donors (Lipinski definition) is 2. The van der Waals surface area contributed by atoms with E-state index in [-0.39, 0.29) is 17.5 Å². The molecular weight excluding hydrogens is 268 g/mol. The number of carbonyl (C=O) groups excluding carboxylic acids is 1. The predicted molar refractivity (Wildman–Crippen MR) is 78.2 cm³/mol. The van der Waals surface area contributed by atoms with Crippen molar-refractivity contribution in [3.8, 4) is 0 Å². The topological polar surface area (TPSA) is 78.1 Å². The zero-order valence-corrected chi connectivity index (χ0v) is 11.5. The molecule has 2 unspecified atom stereocenters. The molecule has 1 aromatic heterocycles. The quantitative estimate of drug-likeness (QED) is 0.792. The van der Waals surface area contributed by atoms with Crippen LogP contribution in [0.2, 0.25) is 0 Å². The Morgan fingerprint density at radius 1 is 1.24 bits per heavy atom. The number of fused-ring (bicyclic) bond motifs is 2. The van der Waals surface area contributed by atoms with E-state index in [0.717, 1.165) is 26.1 Å². The molecule has 0 spiro atoms. The fourth-order valence-electron chi connectivity index (χ4n) is 3.52. The van der Waals surface area contributed by atoms with Crippen molar-refractivity contribution in [2.24, 2.45) is 5.92 Å². The molecule has 4 rings (SSSR count). The van der Waals surface area contributed by atoms with E-state index in [0.29, 0.717) is 22.4 Å². The lowest BCUT2D eigenvalue weighted by Gasteiger charge is -2.23. The molecule has 3 heterocycles. The van der Waals surface area contributed by atoms with Gasteiger partial charge in [0.15, 0.2) is 5.69 Å². The van der Waals surface area contributed by atoms with Crippen LogP contribution in [-0.4, -0.2) is 46.7 Å². The number of hydrogen-bond acceptors (Lipinski definition) is 4. The number of nitrogens with zero attached hydrogens (tertiary/aromatic N) is 2. The summed E-state index contributed by atoms with van der Waals surface area (Å²) in [5.41, 5.74) is 0.0849. The third kappa shape index (κ3) is 1.86. The Hall–Kier alpha value is -2.21. The minimum Gasteiger partial charge on any atom is -0.333 e. The monoisotopic (exact) mass is 284 g/mol. The first-order valence-electron chi connectivity index (χ1n) is 7.25. The molecule has 2 N–H and O–H groups in total. The molecule has 0 bridgehead atoms. The summed E-state index contributed by atoms with van der Waals surface area (Å²) in [7, 11) is 0. The fourth-order valence-corrected chi connectivity index (χ4v) is 3.52. The second-order valence-electron chi connectivity index (χ2n) is 5.72. The Morgan fingerprint density at radius 3 is 2.90 bits per heavy atom. The number of rotatable bonds is 1. The number of benzene rings is 1. The van der Waals surface area contributed by atoms with Gasteiger partial charge < -0.3 is 10.2 Å². The molecule has 2 aliphatic rings. The zero-order valence-electron chi connectivity index (χ0n) is 11.5. The minimum atomic E-state index is -0.260. The summed E-state index contributed by atoms with van der Waals surface area (Å²) < 4.78 is 0. The standard InChI is InChI=1S/C15H16N4O2/c20-14-11-4-2-1-3-10(11)13(17-18-14)15(21)19-6-5-9-7-16-8-12(9)19/h1-4,9,12,16H,5-8H2,(H,18,20). The highest BCUT2D eigenvalue weighted by molar-refractivity contribution is 6.04. The maximum atomic E-state index is 12.8. The van der Waals surface area contributed by atoms with Gasteiger partial charge >= 0.3 is 0 Å². The van der Waals surface area contributed by atoms with E-state index < -0.39 is 0 Å². The maximum absolute atomic E-state index is 12.8. The van der Waals surface area contributed by atoms with Gasteiger partial charge in [-0.05, 0) is 18.4 Å². The average molecular weight is 284 g/mol. The molecule has 2 saturated heterocycles. The summed E-state index contributed by atoms with van der Waals surface area (Å²) in [5.74, 6) is 0.460. The molecule has 1 amide bonds. The second-order valence-corrected chi connectivity index (χ2v) is 5.72. The Balaban J connectivity index is 1.78. The molecule has 1 aromatic carbocycles. The summed E-state index contributed by atoms with van der Waals surface area (Å²) >= 11 is 0. The van der Waals surface area contributed by atoms with Crippen LogP contribution in [0.1, 0.15) is 16.9 Å². The van der Waals surface area contributed by atoms with E-state index in [2.05, 4.69) is 15.5 Å². The van der Waals surface area contributed by atoms with E-state index in [1.165, 1.54) is 0 Å². The number of aromatic nitrogens is 2. The molecular formula is C15H16N4O2. The van der Waals surface area contributed by atoms with Gasteiger partial charge in [-0.25, -0.2) is 5.10 Å². The number of H-pyrrole nitrogens is 1. The lowest BCUT2D eigenvalue weighted by atomic mass is 10.0. The van der Waals surface area contributed by atoms with E-state index in [1.54, 1.807) is 18.2 Å². The molecule has 2 atom stereocenters. The van der Waals surface area contributed by atoms with Gasteiger partial charge in [0.2, 0.25) is 0 Å². The van der Waals surface area contributed by atoms with Crippen LogP contribution < -0.4 is 10.9 Å². The van der Waals surface area contributed by atoms with Crippen molar-refractivity contribution < 1.29 is 4.79 Å². The van der Waals surface area contributed by atoms with Gasteiger partial charge in [0.25, 0.3) is 11.5 Å². The van der Waals surface area contributed by atoms with Gasteiger partial charge in [0.1, 0.15) is 0 Å². The molecule has 2 aromatic rings. The van der Waals surface area contributed by atoms with Crippen molar-refractivity contribution in [2.75, 3.05) is 19.6 Å². The smallest absolute Gasteiger partial charge is 0.275 e. The van der Waals surface area contributed by atoms with Gasteiger partial charge in [-0.2, -0.15) is 5.10 Å². The first-order chi connectivity index (χ1) is 10.3. The van der Waals surface area contributed by atoms with Gasteiger partial charge in [0.05, 0.1) is 5.39 Å². The highest BCUT2D eigenvalue weighted by Gasteiger charge is 2.40. The Bertz CT molecular complexity index is 770. The molecule has 0 saturated carbocycles. The largest absolute Gasteiger partial charge is 0.333 e. The molecule has 0 aliphatic carbocycles. The number of nitrogens with one attached hydrogen (secondary N) is 2. The second kappa shape index (κ2) is 4.66. The van der Waals surface area contributed by atoms with Crippen molar-refractivity contribution >= 4 is 16.7 Å². The maximum Gasteiger partial charge on any atom is 0.275 e. The Kier molecular flexibility index (Phi) is 2.78. The van der Waals surface area contributed by atoms with Crippen LogP contribution in [0.5, 0.6) is 0 Å². The Labute approximate surface area is 121 Å². The third-order valence-electron chi connectivity index (χ3n) is 4.60. The van der Waals surface area contributed by atoms with Crippen LogP contribution in [-0.2, 0) is 0 Å². The molecule has 0 radical (unpaired) electrons. The minimum absolute atomic E-state index is 0.0846. The van der Waals surface area contributed by atoms with E-state index in [1.807, 2.05) is 11.0 Å². The average Bonchev–Trinajstić information content (AvgIpc) is 3.10. The van der Waals surface area contributed by atoms with Crippen LogP contribution in [0.15, 0.2) is 29.1 Å². The van der Waals surface area contributed by atoms with Crippen LogP contribution >= 0.6 is 0 Å². The van der Waals surface area contributed by atoms with Gasteiger partial charge in [-0.15, -0.1) is 0 Å². The summed E-state index contributed by atoms with van der Waals surface area (Å²) in [6.07, 6.45) is 1.03. The van der Waals surface area contributed by atoms with Crippen molar-refractivity contribution in [2.45, 2.75) is 12.5 Å². The highest BCUT2D eigenvalue weighted by atomic mass is 16.2. The molecule has 108 valence electrons.